The van der Waals surface area contributed by atoms with Gasteiger partial charge in [-0.1, -0.05) is 13.8 Å². The average Bonchev–Trinajstić information content (AvgIpc) is 2.86. The summed E-state index contributed by atoms with van der Waals surface area (Å²) in [4.78, 5) is 2.64. The van der Waals surface area contributed by atoms with E-state index in [-0.39, 0.29) is 5.54 Å². The summed E-state index contributed by atoms with van der Waals surface area (Å²) in [6, 6.07) is 0. The summed E-state index contributed by atoms with van der Waals surface area (Å²) < 4.78 is 5.56. The molecule has 2 N–H and O–H groups in total. The molecule has 0 spiro atoms. The molecule has 17 heavy (non-hydrogen) atoms. The molecule has 3 nitrogen and oxygen atoms in total. The summed E-state index contributed by atoms with van der Waals surface area (Å²) in [6.07, 6.45) is 2.48. The summed E-state index contributed by atoms with van der Waals surface area (Å²) in [6.45, 7) is 12.1. The normalized spacial score (nSPS) is 39.2. The van der Waals surface area contributed by atoms with Crippen LogP contribution in [0.3, 0.4) is 0 Å². The van der Waals surface area contributed by atoms with E-state index in [1.807, 2.05) is 0 Å². The van der Waals surface area contributed by atoms with E-state index in [0.717, 1.165) is 31.6 Å². The Morgan fingerprint density at radius 3 is 2.59 bits per heavy atom. The highest BCUT2D eigenvalue weighted by molar-refractivity contribution is 4.97. The van der Waals surface area contributed by atoms with Crippen LogP contribution in [-0.4, -0.2) is 43.3 Å². The smallest absolute Gasteiger partial charge is 0.0513 e. The molecule has 0 saturated carbocycles. The predicted octanol–water partition coefficient (Wildman–Crippen LogP) is 1.72. The zero-order valence-corrected chi connectivity index (χ0v) is 11.6. The first-order valence-corrected chi connectivity index (χ1v) is 7.10. The van der Waals surface area contributed by atoms with Gasteiger partial charge in [-0.2, -0.15) is 0 Å². The van der Waals surface area contributed by atoms with Crippen molar-refractivity contribution in [1.82, 2.24) is 4.90 Å². The van der Waals surface area contributed by atoms with Crippen LogP contribution in [0.5, 0.6) is 0 Å². The summed E-state index contributed by atoms with van der Waals surface area (Å²) in [7, 11) is 0. The number of hydrogen-bond donors (Lipinski definition) is 1. The minimum Gasteiger partial charge on any atom is -0.381 e. The van der Waals surface area contributed by atoms with Crippen LogP contribution < -0.4 is 5.73 Å². The van der Waals surface area contributed by atoms with E-state index in [4.69, 9.17) is 10.5 Å². The van der Waals surface area contributed by atoms with Gasteiger partial charge in [0.2, 0.25) is 0 Å². The van der Waals surface area contributed by atoms with Crippen LogP contribution >= 0.6 is 0 Å². The minimum atomic E-state index is 0.144. The number of nitrogens with zero attached hydrogens (tertiary/aromatic N) is 1. The molecule has 2 aliphatic rings. The molecule has 0 bridgehead atoms. The largest absolute Gasteiger partial charge is 0.381 e. The second-order valence-electron chi connectivity index (χ2n) is 6.31. The third-order valence-corrected chi connectivity index (χ3v) is 5.28. The van der Waals surface area contributed by atoms with E-state index in [1.54, 1.807) is 0 Å². The van der Waals surface area contributed by atoms with Crippen molar-refractivity contribution in [1.29, 1.82) is 0 Å². The lowest BCUT2D eigenvalue weighted by Gasteiger charge is -2.49. The van der Waals surface area contributed by atoms with Gasteiger partial charge in [-0.05, 0) is 38.1 Å². The molecule has 3 heteroatoms. The number of hydrogen-bond acceptors (Lipinski definition) is 3. The van der Waals surface area contributed by atoms with Crippen LogP contribution in [0, 0.1) is 17.8 Å². The van der Waals surface area contributed by atoms with Crippen molar-refractivity contribution >= 4 is 0 Å². The van der Waals surface area contributed by atoms with Gasteiger partial charge >= 0.3 is 0 Å². The number of ether oxygens (including phenoxy) is 1. The lowest BCUT2D eigenvalue weighted by molar-refractivity contribution is 0.000869. The Morgan fingerprint density at radius 1 is 1.29 bits per heavy atom. The van der Waals surface area contributed by atoms with Crippen molar-refractivity contribution < 1.29 is 4.74 Å². The third-order valence-electron chi connectivity index (χ3n) is 5.28. The molecular weight excluding hydrogens is 212 g/mol. The number of likely N-dealkylation sites (tertiary alicyclic amines) is 1. The molecule has 0 aliphatic carbocycles. The van der Waals surface area contributed by atoms with Gasteiger partial charge in [0.1, 0.15) is 0 Å². The van der Waals surface area contributed by atoms with Gasteiger partial charge in [0, 0.05) is 31.2 Å². The summed E-state index contributed by atoms with van der Waals surface area (Å²) in [5.41, 5.74) is 6.24. The zero-order chi connectivity index (χ0) is 12.5. The van der Waals surface area contributed by atoms with E-state index in [1.165, 1.54) is 25.9 Å². The Bertz CT molecular complexity index is 253. The molecule has 4 unspecified atom stereocenters. The molecule has 100 valence electrons. The molecule has 0 aromatic heterocycles. The second-order valence-corrected chi connectivity index (χ2v) is 6.31. The van der Waals surface area contributed by atoms with E-state index in [0.29, 0.717) is 5.92 Å². The zero-order valence-electron chi connectivity index (χ0n) is 11.6. The van der Waals surface area contributed by atoms with Gasteiger partial charge < -0.3 is 10.5 Å². The van der Waals surface area contributed by atoms with Crippen molar-refractivity contribution in [2.45, 2.75) is 39.2 Å². The first kappa shape index (κ1) is 13.3. The lowest BCUT2D eigenvalue weighted by Crippen LogP contribution is -2.60. The van der Waals surface area contributed by atoms with Crippen molar-refractivity contribution in [3.05, 3.63) is 0 Å². The van der Waals surface area contributed by atoms with E-state index in [9.17, 15) is 0 Å². The SMILES string of the molecule is CC1CCN(C(C)(CN)C2CCOC2)CC1C. The summed E-state index contributed by atoms with van der Waals surface area (Å²) in [5, 5.41) is 0. The van der Waals surface area contributed by atoms with Crippen LogP contribution in [0.4, 0.5) is 0 Å². The Labute approximate surface area is 106 Å². The van der Waals surface area contributed by atoms with E-state index >= 15 is 0 Å². The van der Waals surface area contributed by atoms with Gasteiger partial charge in [0.05, 0.1) is 6.61 Å². The molecule has 4 atom stereocenters. The molecule has 2 heterocycles. The maximum atomic E-state index is 6.10. The lowest BCUT2D eigenvalue weighted by atomic mass is 9.79. The van der Waals surface area contributed by atoms with Crippen LogP contribution in [0.2, 0.25) is 0 Å². The third kappa shape index (κ3) is 2.51. The number of piperidine rings is 1. The van der Waals surface area contributed by atoms with Gasteiger partial charge in [0.25, 0.3) is 0 Å². The molecule has 2 saturated heterocycles. The summed E-state index contributed by atoms with van der Waals surface area (Å²) in [5.74, 6) is 2.26. The van der Waals surface area contributed by atoms with Crippen LogP contribution in [0.15, 0.2) is 0 Å². The Hall–Kier alpha value is -0.120. The molecule has 2 aliphatic heterocycles. The Morgan fingerprint density at radius 2 is 2.06 bits per heavy atom. The predicted molar refractivity (Wildman–Crippen MR) is 70.9 cm³/mol. The van der Waals surface area contributed by atoms with Crippen molar-refractivity contribution in [2.24, 2.45) is 23.5 Å². The van der Waals surface area contributed by atoms with Gasteiger partial charge in [-0.3, -0.25) is 4.90 Å². The molecule has 2 fully saturated rings. The topological polar surface area (TPSA) is 38.5 Å². The second kappa shape index (κ2) is 5.25. The van der Waals surface area contributed by atoms with E-state index < -0.39 is 0 Å². The molecule has 2 rings (SSSR count). The number of nitrogens with two attached hydrogens (primary N) is 1. The van der Waals surface area contributed by atoms with Gasteiger partial charge in [-0.15, -0.1) is 0 Å². The highest BCUT2D eigenvalue weighted by Gasteiger charge is 2.42. The van der Waals surface area contributed by atoms with Crippen molar-refractivity contribution in [3.63, 3.8) is 0 Å². The maximum absolute atomic E-state index is 6.10. The van der Waals surface area contributed by atoms with Crippen molar-refractivity contribution in [2.75, 3.05) is 32.8 Å². The minimum absolute atomic E-state index is 0.144. The molecular formula is C14H28N2O. The monoisotopic (exact) mass is 240 g/mol. The van der Waals surface area contributed by atoms with Crippen LogP contribution in [0.1, 0.15) is 33.6 Å². The fourth-order valence-corrected chi connectivity index (χ4v) is 3.31. The Kier molecular flexibility index (Phi) is 4.11. The van der Waals surface area contributed by atoms with Crippen LogP contribution in [0.25, 0.3) is 0 Å². The molecule has 0 aromatic rings. The average molecular weight is 240 g/mol. The summed E-state index contributed by atoms with van der Waals surface area (Å²) >= 11 is 0. The Balaban J connectivity index is 2.06. The van der Waals surface area contributed by atoms with Crippen molar-refractivity contribution in [3.8, 4) is 0 Å². The highest BCUT2D eigenvalue weighted by Crippen LogP contribution is 2.35. The fraction of sp³-hybridized carbons (Fsp3) is 1.00. The highest BCUT2D eigenvalue weighted by atomic mass is 16.5. The van der Waals surface area contributed by atoms with Gasteiger partial charge in [-0.25, -0.2) is 0 Å². The van der Waals surface area contributed by atoms with Gasteiger partial charge in [0.15, 0.2) is 0 Å². The molecule has 0 radical (unpaired) electrons. The molecule has 0 aromatic carbocycles. The standard InChI is InChI=1S/C14H28N2O/c1-11-4-6-16(8-12(11)2)14(3,10-15)13-5-7-17-9-13/h11-13H,4-10,15H2,1-3H3. The first-order valence-electron chi connectivity index (χ1n) is 7.10. The molecule has 0 amide bonds. The fourth-order valence-electron chi connectivity index (χ4n) is 3.31. The quantitative estimate of drug-likeness (QED) is 0.816. The number of rotatable bonds is 3. The maximum Gasteiger partial charge on any atom is 0.0513 e. The van der Waals surface area contributed by atoms with Crippen LogP contribution in [-0.2, 0) is 4.74 Å². The van der Waals surface area contributed by atoms with E-state index in [2.05, 4.69) is 25.7 Å². The first-order chi connectivity index (χ1) is 8.08.